The molecule has 180 valence electrons. The average Bonchev–Trinajstić information content (AvgIpc) is 3.11. The molecular formula is C25H38O7. The van der Waals surface area contributed by atoms with E-state index in [1.165, 1.54) is 7.11 Å². The summed E-state index contributed by atoms with van der Waals surface area (Å²) in [4.78, 5) is 35.2. The minimum Gasteiger partial charge on any atom is -0.481 e. The number of hydrogen-bond acceptors (Lipinski definition) is 6. The van der Waals surface area contributed by atoms with Crippen LogP contribution in [0.3, 0.4) is 0 Å². The van der Waals surface area contributed by atoms with Gasteiger partial charge in [-0.05, 0) is 80.5 Å². The number of ether oxygens (including phenoxy) is 2. The summed E-state index contributed by atoms with van der Waals surface area (Å²) in [6.07, 6.45) is 6.29. The number of esters is 2. The first-order valence-electron chi connectivity index (χ1n) is 12.3. The summed E-state index contributed by atoms with van der Waals surface area (Å²) in [5, 5.41) is 20.1. The predicted octanol–water partition coefficient (Wildman–Crippen LogP) is 3.57. The maximum absolute atomic E-state index is 12.5. The molecule has 0 heterocycles. The topological polar surface area (TPSA) is 110 Å². The second-order valence-electron chi connectivity index (χ2n) is 11.2. The summed E-state index contributed by atoms with van der Waals surface area (Å²) < 4.78 is 10.7. The number of carboxylic acid groups (broad SMARTS) is 1. The molecule has 4 aliphatic carbocycles. The monoisotopic (exact) mass is 450 g/mol. The van der Waals surface area contributed by atoms with E-state index in [9.17, 15) is 19.5 Å². The van der Waals surface area contributed by atoms with Crippen LogP contribution in [0.15, 0.2) is 0 Å². The van der Waals surface area contributed by atoms with Crippen LogP contribution in [0.2, 0.25) is 0 Å². The van der Waals surface area contributed by atoms with Crippen molar-refractivity contribution in [3.05, 3.63) is 0 Å². The van der Waals surface area contributed by atoms with Crippen LogP contribution in [0.25, 0.3) is 0 Å². The number of carbonyl (C=O) groups is 3. The first-order chi connectivity index (χ1) is 15.1. The minimum absolute atomic E-state index is 0.0771. The maximum Gasteiger partial charge on any atom is 0.309 e. The molecule has 4 saturated carbocycles. The van der Waals surface area contributed by atoms with E-state index in [1.54, 1.807) is 0 Å². The lowest BCUT2D eigenvalue weighted by molar-refractivity contribution is -0.186. The van der Waals surface area contributed by atoms with Gasteiger partial charge in [-0.25, -0.2) is 0 Å². The second-order valence-corrected chi connectivity index (χ2v) is 11.2. The van der Waals surface area contributed by atoms with Crippen LogP contribution >= 0.6 is 0 Å². The third kappa shape index (κ3) is 3.74. The van der Waals surface area contributed by atoms with E-state index in [1.807, 2.05) is 0 Å². The Kier molecular flexibility index (Phi) is 6.34. The van der Waals surface area contributed by atoms with Gasteiger partial charge in [-0.3, -0.25) is 14.4 Å². The van der Waals surface area contributed by atoms with Crippen LogP contribution in [0.5, 0.6) is 0 Å². The number of methoxy groups -OCH3 is 1. The van der Waals surface area contributed by atoms with Crippen LogP contribution < -0.4 is 0 Å². The van der Waals surface area contributed by atoms with Gasteiger partial charge in [-0.1, -0.05) is 13.8 Å². The van der Waals surface area contributed by atoms with E-state index in [2.05, 4.69) is 13.8 Å². The molecule has 9 unspecified atom stereocenters. The normalized spacial score (nSPS) is 45.2. The summed E-state index contributed by atoms with van der Waals surface area (Å²) in [6, 6.07) is 0. The van der Waals surface area contributed by atoms with Gasteiger partial charge in [0, 0.05) is 5.41 Å². The molecule has 4 fully saturated rings. The summed E-state index contributed by atoms with van der Waals surface area (Å²) in [5.74, 6) is -0.117. The van der Waals surface area contributed by atoms with E-state index >= 15 is 0 Å². The molecule has 0 radical (unpaired) electrons. The fourth-order valence-corrected chi connectivity index (χ4v) is 8.28. The lowest BCUT2D eigenvalue weighted by Crippen LogP contribution is -2.59. The van der Waals surface area contributed by atoms with Crippen LogP contribution in [-0.2, 0) is 23.9 Å². The van der Waals surface area contributed by atoms with Crippen molar-refractivity contribution in [2.75, 3.05) is 7.11 Å². The Balaban J connectivity index is 1.46. The first-order valence-corrected chi connectivity index (χ1v) is 12.3. The smallest absolute Gasteiger partial charge is 0.309 e. The highest BCUT2D eigenvalue weighted by Crippen LogP contribution is 2.67. The molecule has 7 heteroatoms. The summed E-state index contributed by atoms with van der Waals surface area (Å²) in [5.41, 5.74) is -0.313. The van der Waals surface area contributed by atoms with Crippen molar-refractivity contribution in [3.63, 3.8) is 0 Å². The van der Waals surface area contributed by atoms with Crippen molar-refractivity contribution < 1.29 is 34.1 Å². The molecule has 4 aliphatic rings. The van der Waals surface area contributed by atoms with Crippen LogP contribution in [-0.4, -0.2) is 47.4 Å². The van der Waals surface area contributed by atoms with Crippen molar-refractivity contribution in [3.8, 4) is 0 Å². The zero-order valence-electron chi connectivity index (χ0n) is 19.5. The summed E-state index contributed by atoms with van der Waals surface area (Å²) >= 11 is 0. The van der Waals surface area contributed by atoms with Crippen molar-refractivity contribution >= 4 is 17.9 Å². The van der Waals surface area contributed by atoms with E-state index in [4.69, 9.17) is 14.6 Å². The number of aliphatic carboxylic acids is 1. The van der Waals surface area contributed by atoms with Gasteiger partial charge in [-0.2, -0.15) is 0 Å². The van der Waals surface area contributed by atoms with Crippen molar-refractivity contribution in [2.45, 2.75) is 90.3 Å². The highest BCUT2D eigenvalue weighted by atomic mass is 16.5. The largest absolute Gasteiger partial charge is 0.481 e. The fraction of sp³-hybridized carbons (Fsp3) is 0.880. The maximum atomic E-state index is 12.5. The average molecular weight is 451 g/mol. The number of rotatable bonds is 5. The summed E-state index contributed by atoms with van der Waals surface area (Å²) in [6.45, 7) is 4.47. The van der Waals surface area contributed by atoms with Crippen molar-refractivity contribution in [2.24, 2.45) is 40.4 Å². The van der Waals surface area contributed by atoms with E-state index in [-0.39, 0.29) is 36.2 Å². The molecule has 0 aliphatic heterocycles. The zero-order chi connectivity index (χ0) is 23.3. The van der Waals surface area contributed by atoms with Gasteiger partial charge in [0.25, 0.3) is 0 Å². The standard InChI is InChI=1S/C25H38O7/c1-24-11-10-15(32-22(29)9-8-21(27)28)12-14(24)4-5-16-17-6-7-18(23(30)31-3)25(17,2)20(26)13-19(16)24/h14-20,26H,4-13H2,1-3H3,(H,27,28). The van der Waals surface area contributed by atoms with Gasteiger partial charge < -0.3 is 19.7 Å². The quantitative estimate of drug-likeness (QED) is 0.616. The van der Waals surface area contributed by atoms with Crippen molar-refractivity contribution in [1.29, 1.82) is 0 Å². The predicted molar refractivity (Wildman–Crippen MR) is 115 cm³/mol. The van der Waals surface area contributed by atoms with E-state index < -0.39 is 23.5 Å². The molecule has 2 N–H and O–H groups in total. The highest BCUT2D eigenvalue weighted by molar-refractivity contribution is 5.76. The lowest BCUT2D eigenvalue weighted by atomic mass is 9.44. The molecule has 32 heavy (non-hydrogen) atoms. The van der Waals surface area contributed by atoms with Gasteiger partial charge >= 0.3 is 17.9 Å². The third-order valence-corrected chi connectivity index (χ3v) is 10.1. The molecule has 4 rings (SSSR count). The SMILES string of the molecule is COC(=O)C1CCC2C3CCC4CC(OC(=O)CCC(=O)O)CCC4(C)C3CC(O)C12C. The van der Waals surface area contributed by atoms with Gasteiger partial charge in [0.05, 0.1) is 32.0 Å². The van der Waals surface area contributed by atoms with Gasteiger partial charge in [-0.15, -0.1) is 0 Å². The second kappa shape index (κ2) is 8.62. The van der Waals surface area contributed by atoms with Gasteiger partial charge in [0.1, 0.15) is 6.10 Å². The number of aliphatic hydroxyl groups excluding tert-OH is 1. The number of carboxylic acids is 1. The molecule has 7 nitrogen and oxygen atoms in total. The van der Waals surface area contributed by atoms with E-state index in [0.717, 1.165) is 51.4 Å². The molecule has 0 aromatic heterocycles. The zero-order valence-corrected chi connectivity index (χ0v) is 19.5. The van der Waals surface area contributed by atoms with Crippen LogP contribution in [0.4, 0.5) is 0 Å². The Hall–Kier alpha value is -1.63. The lowest BCUT2D eigenvalue weighted by Gasteiger charge is -2.62. The molecule has 0 amide bonds. The third-order valence-electron chi connectivity index (χ3n) is 10.1. The molecule has 9 atom stereocenters. The Morgan fingerprint density at radius 3 is 2.41 bits per heavy atom. The van der Waals surface area contributed by atoms with Crippen molar-refractivity contribution in [1.82, 2.24) is 0 Å². The number of aliphatic hydroxyl groups is 1. The highest BCUT2D eigenvalue weighted by Gasteiger charge is 2.64. The van der Waals surface area contributed by atoms with Crippen LogP contribution in [0.1, 0.15) is 78.1 Å². The van der Waals surface area contributed by atoms with Crippen LogP contribution in [0, 0.1) is 40.4 Å². The molecule has 0 spiro atoms. The number of hydrogen-bond donors (Lipinski definition) is 2. The Bertz CT molecular complexity index is 765. The van der Waals surface area contributed by atoms with E-state index in [0.29, 0.717) is 23.7 Å². The first kappa shape index (κ1) is 23.5. The number of carbonyl (C=O) groups excluding carboxylic acids is 2. The fourth-order valence-electron chi connectivity index (χ4n) is 8.28. The molecule has 0 aromatic carbocycles. The Morgan fingerprint density at radius 2 is 1.72 bits per heavy atom. The number of fused-ring (bicyclic) bond motifs is 5. The summed E-state index contributed by atoms with van der Waals surface area (Å²) in [7, 11) is 1.44. The molecular weight excluding hydrogens is 412 g/mol. The Morgan fingerprint density at radius 1 is 0.969 bits per heavy atom. The minimum atomic E-state index is -0.985. The van der Waals surface area contributed by atoms with Gasteiger partial charge in [0.15, 0.2) is 0 Å². The Labute approximate surface area is 190 Å². The molecule has 0 aromatic rings. The van der Waals surface area contributed by atoms with Gasteiger partial charge in [0.2, 0.25) is 0 Å². The molecule has 0 bridgehead atoms. The molecule has 0 saturated heterocycles.